The van der Waals surface area contributed by atoms with Gasteiger partial charge in [0.2, 0.25) is 0 Å². The summed E-state index contributed by atoms with van der Waals surface area (Å²) in [7, 11) is 2.11. The van der Waals surface area contributed by atoms with E-state index in [1.807, 2.05) is 0 Å². The van der Waals surface area contributed by atoms with Gasteiger partial charge in [-0.2, -0.15) is 0 Å². The number of anilines is 1. The second kappa shape index (κ2) is 5.02. The van der Waals surface area contributed by atoms with Gasteiger partial charge in [-0.1, -0.05) is 18.2 Å². The molecular formula is C15H21N3. The number of benzene rings is 1. The van der Waals surface area contributed by atoms with Gasteiger partial charge < -0.3 is 15.2 Å². The van der Waals surface area contributed by atoms with Gasteiger partial charge in [0.25, 0.3) is 0 Å². The molecule has 1 saturated heterocycles. The van der Waals surface area contributed by atoms with E-state index in [9.17, 15) is 0 Å². The molecule has 0 saturated carbocycles. The number of nitrogens with zero attached hydrogens (tertiary/aromatic N) is 1. The summed E-state index contributed by atoms with van der Waals surface area (Å²) in [6.45, 7) is 3.45. The Morgan fingerprint density at radius 2 is 2.28 bits per heavy atom. The Hall–Kier alpha value is -1.48. The minimum absolute atomic E-state index is 0.854. The smallest absolute Gasteiger partial charge is 0.0599 e. The van der Waals surface area contributed by atoms with Crippen LogP contribution in [-0.4, -0.2) is 24.2 Å². The van der Waals surface area contributed by atoms with Crippen LogP contribution in [-0.2, 0) is 7.05 Å². The fourth-order valence-electron chi connectivity index (χ4n) is 2.85. The van der Waals surface area contributed by atoms with Crippen molar-refractivity contribution >= 4 is 16.6 Å². The predicted octanol–water partition coefficient (Wildman–Crippen LogP) is 2.59. The van der Waals surface area contributed by atoms with Crippen molar-refractivity contribution in [3.63, 3.8) is 0 Å². The Morgan fingerprint density at radius 3 is 3.11 bits per heavy atom. The number of hydrogen-bond donors (Lipinski definition) is 2. The molecule has 1 aliphatic heterocycles. The molecule has 2 N–H and O–H groups in total. The average Bonchev–Trinajstić information content (AvgIpc) is 3.00. The van der Waals surface area contributed by atoms with Gasteiger partial charge in [0, 0.05) is 30.7 Å². The predicted molar refractivity (Wildman–Crippen MR) is 77.0 cm³/mol. The summed E-state index contributed by atoms with van der Waals surface area (Å²) in [6.07, 6.45) is 4.78. The van der Waals surface area contributed by atoms with Gasteiger partial charge in [-0.05, 0) is 37.9 Å². The van der Waals surface area contributed by atoms with Gasteiger partial charge in [0.05, 0.1) is 5.69 Å². The van der Waals surface area contributed by atoms with Gasteiger partial charge >= 0.3 is 0 Å². The minimum Gasteiger partial charge on any atom is -0.383 e. The summed E-state index contributed by atoms with van der Waals surface area (Å²) in [5, 5.41) is 8.33. The first-order valence-electron chi connectivity index (χ1n) is 6.83. The zero-order valence-electron chi connectivity index (χ0n) is 10.9. The highest BCUT2D eigenvalue weighted by Crippen LogP contribution is 2.25. The number of nitrogens with one attached hydrogen (secondary N) is 2. The molecule has 96 valence electrons. The molecule has 0 amide bonds. The quantitative estimate of drug-likeness (QED) is 0.864. The van der Waals surface area contributed by atoms with Gasteiger partial charge in [0.1, 0.15) is 0 Å². The van der Waals surface area contributed by atoms with E-state index in [1.165, 1.54) is 42.5 Å². The van der Waals surface area contributed by atoms with Crippen LogP contribution < -0.4 is 10.6 Å². The van der Waals surface area contributed by atoms with Crippen molar-refractivity contribution < 1.29 is 0 Å². The summed E-state index contributed by atoms with van der Waals surface area (Å²) in [5.74, 6) is 0.854. The molecule has 1 aromatic heterocycles. The van der Waals surface area contributed by atoms with Crippen molar-refractivity contribution in [2.45, 2.75) is 12.8 Å². The van der Waals surface area contributed by atoms with Gasteiger partial charge in [0.15, 0.2) is 0 Å². The maximum atomic E-state index is 3.59. The number of hydrogen-bond acceptors (Lipinski definition) is 2. The lowest BCUT2D eigenvalue weighted by Crippen LogP contribution is -2.12. The van der Waals surface area contributed by atoms with Crippen LogP contribution in [0.1, 0.15) is 12.8 Å². The lowest BCUT2D eigenvalue weighted by molar-refractivity contribution is 0.549. The van der Waals surface area contributed by atoms with Crippen LogP contribution >= 0.6 is 0 Å². The third kappa shape index (κ3) is 2.23. The highest BCUT2D eigenvalue weighted by molar-refractivity contribution is 5.92. The van der Waals surface area contributed by atoms with Crippen LogP contribution in [0.4, 0.5) is 5.69 Å². The molecule has 2 aromatic rings. The second-order valence-corrected chi connectivity index (χ2v) is 5.25. The van der Waals surface area contributed by atoms with Crippen LogP contribution in [0.15, 0.2) is 30.5 Å². The van der Waals surface area contributed by atoms with Crippen molar-refractivity contribution in [1.82, 2.24) is 9.88 Å². The lowest BCUT2D eigenvalue weighted by atomic mass is 10.1. The molecule has 3 rings (SSSR count). The minimum atomic E-state index is 0.854. The normalized spacial score (nSPS) is 19.5. The first-order valence-corrected chi connectivity index (χ1v) is 6.83. The second-order valence-electron chi connectivity index (χ2n) is 5.25. The number of aromatic nitrogens is 1. The lowest BCUT2D eigenvalue weighted by Gasteiger charge is -2.09. The van der Waals surface area contributed by atoms with Crippen molar-refractivity contribution in [3.8, 4) is 0 Å². The topological polar surface area (TPSA) is 29.0 Å². The highest BCUT2D eigenvalue weighted by Gasteiger charge is 2.13. The van der Waals surface area contributed by atoms with Crippen molar-refractivity contribution in [2.24, 2.45) is 13.0 Å². The maximum Gasteiger partial charge on any atom is 0.0599 e. The van der Waals surface area contributed by atoms with E-state index >= 15 is 0 Å². The number of fused-ring (bicyclic) bond motifs is 1. The first kappa shape index (κ1) is 11.6. The molecule has 0 aliphatic carbocycles. The molecule has 1 aromatic carbocycles. The summed E-state index contributed by atoms with van der Waals surface area (Å²) >= 11 is 0. The van der Waals surface area contributed by atoms with E-state index in [1.54, 1.807) is 0 Å². The summed E-state index contributed by atoms with van der Waals surface area (Å²) < 4.78 is 2.19. The van der Waals surface area contributed by atoms with E-state index in [0.717, 1.165) is 12.5 Å². The van der Waals surface area contributed by atoms with Crippen molar-refractivity contribution in [3.05, 3.63) is 30.5 Å². The van der Waals surface area contributed by atoms with Crippen LogP contribution in [0.2, 0.25) is 0 Å². The van der Waals surface area contributed by atoms with E-state index in [2.05, 4.69) is 52.7 Å². The Labute approximate surface area is 108 Å². The molecule has 1 unspecified atom stereocenters. The molecule has 1 atom stereocenters. The number of aryl methyl sites for hydroxylation is 1. The molecule has 1 aliphatic rings. The van der Waals surface area contributed by atoms with Crippen LogP contribution in [0.25, 0.3) is 10.9 Å². The largest absolute Gasteiger partial charge is 0.383 e. The Balaban J connectivity index is 1.67. The van der Waals surface area contributed by atoms with Gasteiger partial charge in [-0.25, -0.2) is 0 Å². The Morgan fingerprint density at radius 1 is 1.39 bits per heavy atom. The van der Waals surface area contributed by atoms with Crippen LogP contribution in [0.5, 0.6) is 0 Å². The molecule has 0 spiro atoms. The zero-order valence-corrected chi connectivity index (χ0v) is 10.9. The standard InChI is InChI=1S/C15H21N3/c1-18-11-14(13-4-2-3-5-15(13)18)17-9-7-12-6-8-16-10-12/h2-5,11-12,16-17H,6-10H2,1H3. The summed E-state index contributed by atoms with van der Waals surface area (Å²) in [4.78, 5) is 0. The molecule has 3 heteroatoms. The average molecular weight is 243 g/mol. The molecule has 0 radical (unpaired) electrons. The van der Waals surface area contributed by atoms with E-state index in [0.29, 0.717) is 0 Å². The third-order valence-electron chi connectivity index (χ3n) is 3.93. The molecule has 18 heavy (non-hydrogen) atoms. The van der Waals surface area contributed by atoms with E-state index < -0.39 is 0 Å². The molecule has 2 heterocycles. The molecule has 3 nitrogen and oxygen atoms in total. The fourth-order valence-corrected chi connectivity index (χ4v) is 2.85. The highest BCUT2D eigenvalue weighted by atomic mass is 15.0. The molecule has 0 bridgehead atoms. The fraction of sp³-hybridized carbons (Fsp3) is 0.467. The first-order chi connectivity index (χ1) is 8.84. The number of para-hydroxylation sites is 1. The van der Waals surface area contributed by atoms with Crippen molar-refractivity contribution in [2.75, 3.05) is 25.0 Å². The molecular weight excluding hydrogens is 222 g/mol. The van der Waals surface area contributed by atoms with Crippen LogP contribution in [0.3, 0.4) is 0 Å². The van der Waals surface area contributed by atoms with E-state index in [4.69, 9.17) is 0 Å². The monoisotopic (exact) mass is 243 g/mol. The Kier molecular flexibility index (Phi) is 3.24. The van der Waals surface area contributed by atoms with Gasteiger partial charge in [-0.3, -0.25) is 0 Å². The van der Waals surface area contributed by atoms with Gasteiger partial charge in [-0.15, -0.1) is 0 Å². The van der Waals surface area contributed by atoms with E-state index in [-0.39, 0.29) is 0 Å². The number of rotatable bonds is 4. The maximum absolute atomic E-state index is 3.59. The zero-order chi connectivity index (χ0) is 12.4. The third-order valence-corrected chi connectivity index (χ3v) is 3.93. The molecule has 1 fully saturated rings. The Bertz CT molecular complexity index is 524. The van der Waals surface area contributed by atoms with Crippen LogP contribution in [0, 0.1) is 5.92 Å². The SMILES string of the molecule is Cn1cc(NCCC2CCNC2)c2ccccc21. The summed E-state index contributed by atoms with van der Waals surface area (Å²) in [5.41, 5.74) is 2.56. The summed E-state index contributed by atoms with van der Waals surface area (Å²) in [6, 6.07) is 8.56. The van der Waals surface area contributed by atoms with Crippen molar-refractivity contribution in [1.29, 1.82) is 0 Å².